The van der Waals surface area contributed by atoms with Gasteiger partial charge in [-0.15, -0.1) is 10.2 Å². The highest BCUT2D eigenvalue weighted by molar-refractivity contribution is 8.00. The maximum Gasteiger partial charge on any atom is 0.251 e. The molecule has 4 aromatic rings. The summed E-state index contributed by atoms with van der Waals surface area (Å²) in [6.45, 7) is 0. The first-order chi connectivity index (χ1) is 16.2. The van der Waals surface area contributed by atoms with Gasteiger partial charge in [0.1, 0.15) is 11.4 Å². The number of carbonyl (C=O) groups excluding carboxylic acids is 2. The number of rotatable bonds is 6. The van der Waals surface area contributed by atoms with Gasteiger partial charge in [0.05, 0.1) is 16.8 Å². The maximum absolute atomic E-state index is 12.5. The first kappa shape index (κ1) is 21.4. The normalized spacial score (nSPS) is 14.4. The van der Waals surface area contributed by atoms with Crippen LogP contribution in [0.1, 0.15) is 42.5 Å². The van der Waals surface area contributed by atoms with E-state index in [0.29, 0.717) is 21.9 Å². The van der Waals surface area contributed by atoms with Gasteiger partial charge in [-0.25, -0.2) is 4.98 Å². The molecule has 2 heterocycles. The Morgan fingerprint density at radius 3 is 2.64 bits per heavy atom. The fourth-order valence-corrected chi connectivity index (χ4v) is 4.90. The molecule has 0 bridgehead atoms. The SMILES string of the molecule is O=C(CSc1nc2ccccc2n2cnnc12)Nc1ccc(C(=O)NC2CCCCC2)cc1. The van der Waals surface area contributed by atoms with E-state index in [0.717, 1.165) is 23.9 Å². The molecule has 1 saturated carbocycles. The van der Waals surface area contributed by atoms with Crippen LogP contribution in [0.3, 0.4) is 0 Å². The lowest BCUT2D eigenvalue weighted by Gasteiger charge is -2.22. The second kappa shape index (κ2) is 9.58. The fraction of sp³-hybridized carbons (Fsp3) is 0.292. The molecule has 2 aromatic heterocycles. The van der Waals surface area contributed by atoms with Crippen molar-refractivity contribution in [2.24, 2.45) is 0 Å². The molecule has 0 aliphatic heterocycles. The standard InChI is InChI=1S/C24H24N6O2S/c31-21(14-33-24-22-29-25-15-30(22)20-9-5-4-8-19(20)28-24)26-18-12-10-16(11-13-18)23(32)27-17-6-2-1-3-7-17/h4-5,8-13,15,17H,1-3,6-7,14H2,(H,26,31)(H,27,32). The predicted octanol–water partition coefficient (Wildman–Crippen LogP) is 4.07. The molecule has 0 spiro atoms. The molecule has 0 radical (unpaired) electrons. The second-order valence-electron chi connectivity index (χ2n) is 8.15. The third kappa shape index (κ3) is 4.83. The molecule has 2 aromatic carbocycles. The van der Waals surface area contributed by atoms with Gasteiger partial charge in [-0.1, -0.05) is 43.2 Å². The Bertz CT molecular complexity index is 1300. The molecule has 2 N–H and O–H groups in total. The lowest BCUT2D eigenvalue weighted by Crippen LogP contribution is -2.36. The van der Waals surface area contributed by atoms with Gasteiger partial charge in [-0.3, -0.25) is 14.0 Å². The molecule has 33 heavy (non-hydrogen) atoms. The number of nitrogens with one attached hydrogen (secondary N) is 2. The zero-order chi connectivity index (χ0) is 22.6. The Morgan fingerprint density at radius 2 is 1.82 bits per heavy atom. The number of carbonyl (C=O) groups is 2. The van der Waals surface area contributed by atoms with E-state index < -0.39 is 0 Å². The predicted molar refractivity (Wildman–Crippen MR) is 128 cm³/mol. The highest BCUT2D eigenvalue weighted by Crippen LogP contribution is 2.24. The van der Waals surface area contributed by atoms with Crippen molar-refractivity contribution in [3.05, 3.63) is 60.4 Å². The first-order valence-electron chi connectivity index (χ1n) is 11.1. The summed E-state index contributed by atoms with van der Waals surface area (Å²) in [5, 5.41) is 14.8. The van der Waals surface area contributed by atoms with Gasteiger partial charge in [-0.2, -0.15) is 0 Å². The molecule has 2 amide bonds. The molecule has 1 aliphatic carbocycles. The van der Waals surface area contributed by atoms with Crippen LogP contribution < -0.4 is 10.6 Å². The fourth-order valence-electron chi connectivity index (χ4n) is 4.13. The van der Waals surface area contributed by atoms with Crippen LogP contribution in [-0.2, 0) is 4.79 Å². The van der Waals surface area contributed by atoms with E-state index >= 15 is 0 Å². The van der Waals surface area contributed by atoms with Crippen molar-refractivity contribution < 1.29 is 9.59 Å². The van der Waals surface area contributed by atoms with E-state index in [1.54, 1.807) is 30.6 Å². The summed E-state index contributed by atoms with van der Waals surface area (Å²) in [6, 6.07) is 15.0. The average molecular weight is 461 g/mol. The van der Waals surface area contributed by atoms with Crippen molar-refractivity contribution in [1.29, 1.82) is 0 Å². The number of para-hydroxylation sites is 2. The second-order valence-corrected chi connectivity index (χ2v) is 9.12. The van der Waals surface area contributed by atoms with E-state index in [9.17, 15) is 9.59 Å². The summed E-state index contributed by atoms with van der Waals surface area (Å²) < 4.78 is 1.87. The van der Waals surface area contributed by atoms with Crippen molar-refractivity contribution in [3.63, 3.8) is 0 Å². The lowest BCUT2D eigenvalue weighted by molar-refractivity contribution is -0.113. The number of benzene rings is 2. The summed E-state index contributed by atoms with van der Waals surface area (Å²) in [5.74, 6) is -0.0420. The van der Waals surface area contributed by atoms with Gasteiger partial charge in [0.15, 0.2) is 5.65 Å². The summed E-state index contributed by atoms with van der Waals surface area (Å²) in [4.78, 5) is 29.6. The van der Waals surface area contributed by atoms with Crippen LogP contribution >= 0.6 is 11.8 Å². The minimum atomic E-state index is -0.160. The zero-order valence-corrected chi connectivity index (χ0v) is 18.8. The molecule has 8 nitrogen and oxygen atoms in total. The van der Waals surface area contributed by atoms with Gasteiger partial charge in [0.2, 0.25) is 5.91 Å². The maximum atomic E-state index is 12.5. The first-order valence-corrected chi connectivity index (χ1v) is 12.1. The number of fused-ring (bicyclic) bond motifs is 3. The van der Waals surface area contributed by atoms with Crippen LogP contribution in [0.15, 0.2) is 59.9 Å². The Morgan fingerprint density at radius 1 is 1.03 bits per heavy atom. The number of nitrogens with zero attached hydrogens (tertiary/aromatic N) is 4. The number of amides is 2. The monoisotopic (exact) mass is 460 g/mol. The molecule has 0 saturated heterocycles. The van der Waals surface area contributed by atoms with E-state index in [4.69, 9.17) is 0 Å². The molecule has 168 valence electrons. The molecule has 0 unspecified atom stereocenters. The smallest absolute Gasteiger partial charge is 0.251 e. The van der Waals surface area contributed by atoms with Gasteiger partial charge in [0, 0.05) is 17.3 Å². The number of thioether (sulfide) groups is 1. The van der Waals surface area contributed by atoms with Crippen molar-refractivity contribution in [3.8, 4) is 0 Å². The largest absolute Gasteiger partial charge is 0.349 e. The van der Waals surface area contributed by atoms with E-state index in [1.165, 1.54) is 31.0 Å². The molecule has 0 atom stereocenters. The van der Waals surface area contributed by atoms with Crippen molar-refractivity contribution >= 4 is 45.9 Å². The van der Waals surface area contributed by atoms with Gasteiger partial charge < -0.3 is 10.6 Å². The van der Waals surface area contributed by atoms with Crippen LogP contribution in [0, 0.1) is 0 Å². The average Bonchev–Trinajstić information content (AvgIpc) is 3.34. The van der Waals surface area contributed by atoms with Crippen molar-refractivity contribution in [2.75, 3.05) is 11.1 Å². The summed E-state index contributed by atoms with van der Waals surface area (Å²) in [6.07, 6.45) is 7.33. The highest BCUT2D eigenvalue weighted by atomic mass is 32.2. The number of anilines is 1. The zero-order valence-electron chi connectivity index (χ0n) is 18.0. The summed E-state index contributed by atoms with van der Waals surface area (Å²) in [5.41, 5.74) is 3.60. The Kier molecular flexibility index (Phi) is 6.21. The topological polar surface area (TPSA) is 101 Å². The highest BCUT2D eigenvalue weighted by Gasteiger charge is 2.17. The van der Waals surface area contributed by atoms with Crippen LogP contribution in [0.2, 0.25) is 0 Å². The van der Waals surface area contributed by atoms with Gasteiger partial charge >= 0.3 is 0 Å². The number of aromatic nitrogens is 4. The Balaban J connectivity index is 1.20. The molecular weight excluding hydrogens is 436 g/mol. The number of hydrogen-bond acceptors (Lipinski definition) is 6. The quantitative estimate of drug-likeness (QED) is 0.421. The van der Waals surface area contributed by atoms with E-state index in [-0.39, 0.29) is 23.6 Å². The van der Waals surface area contributed by atoms with E-state index in [1.807, 2.05) is 28.7 Å². The molecule has 5 rings (SSSR count). The summed E-state index contributed by atoms with van der Waals surface area (Å²) in [7, 11) is 0. The minimum Gasteiger partial charge on any atom is -0.349 e. The van der Waals surface area contributed by atoms with Crippen molar-refractivity contribution in [2.45, 2.75) is 43.2 Å². The van der Waals surface area contributed by atoms with Crippen molar-refractivity contribution in [1.82, 2.24) is 24.9 Å². The lowest BCUT2D eigenvalue weighted by atomic mass is 9.95. The van der Waals surface area contributed by atoms with Crippen LogP contribution in [0.5, 0.6) is 0 Å². The summed E-state index contributed by atoms with van der Waals surface area (Å²) >= 11 is 1.31. The molecular formula is C24H24N6O2S. The molecule has 1 fully saturated rings. The molecule has 1 aliphatic rings. The van der Waals surface area contributed by atoms with E-state index in [2.05, 4.69) is 25.8 Å². The Labute approximate surface area is 195 Å². The minimum absolute atomic E-state index is 0.0602. The Hall–Kier alpha value is -3.46. The third-order valence-electron chi connectivity index (χ3n) is 5.81. The number of hydrogen-bond donors (Lipinski definition) is 2. The van der Waals surface area contributed by atoms with Crippen LogP contribution in [0.25, 0.3) is 16.7 Å². The molecule has 9 heteroatoms. The van der Waals surface area contributed by atoms with Crippen LogP contribution in [-0.4, -0.2) is 43.2 Å². The van der Waals surface area contributed by atoms with Gasteiger partial charge in [-0.05, 0) is 49.2 Å². The van der Waals surface area contributed by atoms with Crippen LogP contribution in [0.4, 0.5) is 5.69 Å². The van der Waals surface area contributed by atoms with Gasteiger partial charge in [0.25, 0.3) is 5.91 Å². The third-order valence-corrected chi connectivity index (χ3v) is 6.77.